The lowest BCUT2D eigenvalue weighted by Gasteiger charge is -2.24. The number of alkyl halides is 3. The van der Waals surface area contributed by atoms with E-state index in [0.717, 1.165) is 4.90 Å². The fourth-order valence-corrected chi connectivity index (χ4v) is 1.63. The number of rotatable bonds is 2. The van der Waals surface area contributed by atoms with E-state index in [1.54, 1.807) is 18.2 Å². The first-order valence-corrected chi connectivity index (χ1v) is 5.13. The quantitative estimate of drug-likeness (QED) is 0.801. The Kier molecular flexibility index (Phi) is 3.04. The molecule has 1 aliphatic rings. The van der Waals surface area contributed by atoms with Crippen LogP contribution in [0.25, 0.3) is 0 Å². The Hall–Kier alpha value is -1.59. The first-order valence-electron chi connectivity index (χ1n) is 5.13. The normalized spacial score (nSPS) is 14.6. The Bertz CT molecular complexity index is 406. The van der Waals surface area contributed by atoms with Gasteiger partial charge in [0.25, 0.3) is 0 Å². The van der Waals surface area contributed by atoms with Crippen LogP contribution in [-0.4, -0.2) is 33.0 Å². The number of ether oxygens (including phenoxy) is 2. The maximum absolute atomic E-state index is 12.2. The standard InChI is InChI=1S/C11H12F3NO2/c1-15(7-11(12,13)14)8-2-3-9-10(6-8)17-5-4-16-9/h2-3,6H,4-5,7H2,1H3. The zero-order valence-electron chi connectivity index (χ0n) is 9.25. The molecule has 0 spiro atoms. The molecule has 1 aromatic carbocycles. The highest BCUT2D eigenvalue weighted by Gasteiger charge is 2.29. The van der Waals surface area contributed by atoms with Crippen molar-refractivity contribution in [1.82, 2.24) is 0 Å². The molecule has 94 valence electrons. The van der Waals surface area contributed by atoms with Gasteiger partial charge in [0.05, 0.1) is 0 Å². The van der Waals surface area contributed by atoms with Gasteiger partial charge in [0.15, 0.2) is 11.5 Å². The molecule has 17 heavy (non-hydrogen) atoms. The number of halogens is 3. The lowest BCUT2D eigenvalue weighted by Crippen LogP contribution is -2.30. The van der Waals surface area contributed by atoms with E-state index in [1.165, 1.54) is 7.05 Å². The highest BCUT2D eigenvalue weighted by atomic mass is 19.4. The van der Waals surface area contributed by atoms with Gasteiger partial charge in [0.2, 0.25) is 0 Å². The second kappa shape index (κ2) is 4.35. The van der Waals surface area contributed by atoms with Crippen molar-refractivity contribution in [2.75, 3.05) is 31.7 Å². The maximum Gasteiger partial charge on any atom is 0.405 e. The Balaban J connectivity index is 2.16. The Morgan fingerprint density at radius 1 is 1.18 bits per heavy atom. The van der Waals surface area contributed by atoms with Gasteiger partial charge in [0, 0.05) is 18.8 Å². The summed E-state index contributed by atoms with van der Waals surface area (Å²) in [4.78, 5) is 1.12. The van der Waals surface area contributed by atoms with Crippen LogP contribution >= 0.6 is 0 Å². The SMILES string of the molecule is CN(CC(F)(F)F)c1ccc2c(c1)OCCO2. The largest absolute Gasteiger partial charge is 0.486 e. The van der Waals surface area contributed by atoms with E-state index >= 15 is 0 Å². The van der Waals surface area contributed by atoms with Gasteiger partial charge in [-0.05, 0) is 12.1 Å². The summed E-state index contributed by atoms with van der Waals surface area (Å²) in [5.41, 5.74) is 0.451. The van der Waals surface area contributed by atoms with Crippen LogP contribution in [0, 0.1) is 0 Å². The second-order valence-electron chi connectivity index (χ2n) is 3.80. The minimum absolute atomic E-state index is 0.416. The molecule has 0 unspecified atom stereocenters. The molecule has 0 saturated heterocycles. The third-order valence-electron chi connectivity index (χ3n) is 2.38. The van der Waals surface area contributed by atoms with Crippen LogP contribution in [-0.2, 0) is 0 Å². The van der Waals surface area contributed by atoms with Crippen molar-refractivity contribution in [3.05, 3.63) is 18.2 Å². The van der Waals surface area contributed by atoms with Crippen molar-refractivity contribution in [1.29, 1.82) is 0 Å². The smallest absolute Gasteiger partial charge is 0.405 e. The molecule has 0 fully saturated rings. The molecule has 0 bridgehead atoms. The van der Waals surface area contributed by atoms with Crippen LogP contribution in [0.1, 0.15) is 0 Å². The predicted molar refractivity (Wildman–Crippen MR) is 56.8 cm³/mol. The zero-order chi connectivity index (χ0) is 12.5. The molecule has 0 atom stereocenters. The first kappa shape index (κ1) is 11.9. The summed E-state index contributed by atoms with van der Waals surface area (Å²) in [6.45, 7) is -0.114. The minimum atomic E-state index is -4.22. The van der Waals surface area contributed by atoms with Crippen molar-refractivity contribution in [2.24, 2.45) is 0 Å². The molecule has 0 N–H and O–H groups in total. The number of hydrogen-bond donors (Lipinski definition) is 0. The molecule has 0 amide bonds. The average Bonchev–Trinajstić information content (AvgIpc) is 2.26. The van der Waals surface area contributed by atoms with E-state index in [-0.39, 0.29) is 0 Å². The summed E-state index contributed by atoms with van der Waals surface area (Å²) in [6.07, 6.45) is -4.22. The van der Waals surface area contributed by atoms with E-state index < -0.39 is 12.7 Å². The molecular formula is C11H12F3NO2. The lowest BCUT2D eigenvalue weighted by molar-refractivity contribution is -0.119. The molecule has 3 nitrogen and oxygen atoms in total. The van der Waals surface area contributed by atoms with Gasteiger partial charge in [-0.15, -0.1) is 0 Å². The number of hydrogen-bond acceptors (Lipinski definition) is 3. The minimum Gasteiger partial charge on any atom is -0.486 e. The Morgan fingerprint density at radius 2 is 1.82 bits per heavy atom. The molecule has 0 saturated carbocycles. The average molecular weight is 247 g/mol. The van der Waals surface area contributed by atoms with E-state index in [1.807, 2.05) is 0 Å². The van der Waals surface area contributed by atoms with Crippen molar-refractivity contribution >= 4 is 5.69 Å². The lowest BCUT2D eigenvalue weighted by atomic mass is 10.2. The number of benzene rings is 1. The molecule has 2 rings (SSSR count). The van der Waals surface area contributed by atoms with Gasteiger partial charge in [-0.1, -0.05) is 0 Å². The number of fused-ring (bicyclic) bond motifs is 1. The van der Waals surface area contributed by atoms with Crippen molar-refractivity contribution in [2.45, 2.75) is 6.18 Å². The number of anilines is 1. The molecular weight excluding hydrogens is 235 g/mol. The van der Waals surface area contributed by atoms with Crippen LogP contribution in [0.4, 0.5) is 18.9 Å². The summed E-state index contributed by atoms with van der Waals surface area (Å²) in [5.74, 6) is 1.06. The topological polar surface area (TPSA) is 21.7 Å². The van der Waals surface area contributed by atoms with Crippen molar-refractivity contribution in [3.63, 3.8) is 0 Å². The predicted octanol–water partition coefficient (Wildman–Crippen LogP) is 2.46. The van der Waals surface area contributed by atoms with Crippen molar-refractivity contribution in [3.8, 4) is 11.5 Å². The maximum atomic E-state index is 12.2. The zero-order valence-corrected chi connectivity index (χ0v) is 9.25. The molecule has 1 aliphatic heterocycles. The third kappa shape index (κ3) is 2.95. The van der Waals surface area contributed by atoms with Crippen LogP contribution in [0.3, 0.4) is 0 Å². The first-order chi connectivity index (χ1) is 7.96. The highest BCUT2D eigenvalue weighted by molar-refractivity contribution is 5.56. The van der Waals surface area contributed by atoms with Gasteiger partial charge in [-0.3, -0.25) is 0 Å². The van der Waals surface area contributed by atoms with E-state index in [9.17, 15) is 13.2 Å². The van der Waals surface area contributed by atoms with E-state index in [4.69, 9.17) is 9.47 Å². The van der Waals surface area contributed by atoms with Gasteiger partial charge >= 0.3 is 6.18 Å². The third-order valence-corrected chi connectivity index (χ3v) is 2.38. The summed E-state index contributed by atoms with van der Waals surface area (Å²) in [5, 5.41) is 0. The van der Waals surface area contributed by atoms with Gasteiger partial charge < -0.3 is 14.4 Å². The number of nitrogens with zero attached hydrogens (tertiary/aromatic N) is 1. The molecule has 0 aromatic heterocycles. The van der Waals surface area contributed by atoms with E-state index in [0.29, 0.717) is 30.4 Å². The van der Waals surface area contributed by atoms with E-state index in [2.05, 4.69) is 0 Å². The monoisotopic (exact) mass is 247 g/mol. The summed E-state index contributed by atoms with van der Waals surface area (Å²) < 4.78 is 47.3. The Labute approximate surface area is 96.7 Å². The molecule has 0 aliphatic carbocycles. The fourth-order valence-electron chi connectivity index (χ4n) is 1.63. The highest BCUT2D eigenvalue weighted by Crippen LogP contribution is 2.34. The van der Waals surface area contributed by atoms with Gasteiger partial charge in [-0.2, -0.15) is 13.2 Å². The van der Waals surface area contributed by atoms with Crippen molar-refractivity contribution < 1.29 is 22.6 Å². The second-order valence-corrected chi connectivity index (χ2v) is 3.80. The van der Waals surface area contributed by atoms with Gasteiger partial charge in [0.1, 0.15) is 19.8 Å². The molecule has 1 heterocycles. The Morgan fingerprint density at radius 3 is 2.47 bits per heavy atom. The fraction of sp³-hybridized carbons (Fsp3) is 0.455. The molecule has 1 aromatic rings. The van der Waals surface area contributed by atoms with Crippen LogP contribution < -0.4 is 14.4 Å². The van der Waals surface area contributed by atoms with Crippen LogP contribution in [0.2, 0.25) is 0 Å². The molecule has 6 heteroatoms. The molecule has 0 radical (unpaired) electrons. The summed E-state index contributed by atoms with van der Waals surface area (Å²) in [7, 11) is 1.39. The summed E-state index contributed by atoms with van der Waals surface area (Å²) in [6, 6.07) is 4.76. The van der Waals surface area contributed by atoms with Gasteiger partial charge in [-0.25, -0.2) is 0 Å². The van der Waals surface area contributed by atoms with Crippen LogP contribution in [0.5, 0.6) is 11.5 Å². The summed E-state index contributed by atoms with van der Waals surface area (Å²) >= 11 is 0. The van der Waals surface area contributed by atoms with Crippen LogP contribution in [0.15, 0.2) is 18.2 Å².